The molecule has 1 saturated heterocycles. The molecule has 6 nitrogen and oxygen atoms in total. The monoisotopic (exact) mass is 393 g/mol. The molecule has 0 saturated carbocycles. The molecule has 0 aliphatic carbocycles. The topological polar surface area (TPSA) is 54.0 Å². The summed E-state index contributed by atoms with van der Waals surface area (Å²) in [5.41, 5.74) is 1.30. The molecule has 2 rings (SSSR count). The van der Waals surface area contributed by atoms with Gasteiger partial charge >= 0.3 is 5.97 Å². The van der Waals surface area contributed by atoms with Gasteiger partial charge in [0.05, 0.1) is 14.2 Å². The van der Waals surface area contributed by atoms with Crippen LogP contribution in [0.3, 0.4) is 0 Å². The second-order valence-electron chi connectivity index (χ2n) is 6.73. The molecule has 7 heteroatoms. The summed E-state index contributed by atoms with van der Waals surface area (Å²) in [5, 5.41) is 4.18. The quantitative estimate of drug-likeness (QED) is 0.393. The largest absolute Gasteiger partial charge is 0.497 e. The molecule has 1 aromatic rings. The van der Waals surface area contributed by atoms with Crippen molar-refractivity contribution >= 4 is 23.3 Å². The highest BCUT2D eigenvalue weighted by Gasteiger charge is 2.18. The normalized spacial score (nSPS) is 14.7. The lowest BCUT2D eigenvalue weighted by atomic mass is 10.2. The molecule has 27 heavy (non-hydrogen) atoms. The number of nitrogens with one attached hydrogen (secondary N) is 1. The Hall–Kier alpha value is -1.86. The number of hydrogen-bond acceptors (Lipinski definition) is 5. The van der Waals surface area contributed by atoms with Crippen molar-refractivity contribution in [1.82, 2.24) is 15.1 Å². The van der Waals surface area contributed by atoms with Crippen molar-refractivity contribution in [1.29, 1.82) is 0 Å². The maximum atomic E-state index is 11.1. The van der Waals surface area contributed by atoms with Crippen LogP contribution in [0.2, 0.25) is 0 Å². The summed E-state index contributed by atoms with van der Waals surface area (Å²) in [6, 6.07) is 8.26. The lowest BCUT2D eigenvalue weighted by molar-refractivity contribution is -0.140. The molecule has 1 aliphatic heterocycles. The summed E-state index contributed by atoms with van der Waals surface area (Å²) < 4.78 is 9.85. The number of methoxy groups -OCH3 is 2. The van der Waals surface area contributed by atoms with Crippen LogP contribution in [0.4, 0.5) is 0 Å². The predicted octanol–water partition coefficient (Wildman–Crippen LogP) is 2.42. The number of esters is 1. The SMILES string of the molecule is COC(=O)CCCCCNC(=S)N1CCN(Cc2ccc(OC)cc2)CC1. The van der Waals surface area contributed by atoms with E-state index in [1.54, 1.807) is 7.11 Å². The fourth-order valence-corrected chi connectivity index (χ4v) is 3.36. The van der Waals surface area contributed by atoms with Crippen LogP contribution in [0.15, 0.2) is 24.3 Å². The van der Waals surface area contributed by atoms with Crippen molar-refractivity contribution in [2.45, 2.75) is 32.2 Å². The van der Waals surface area contributed by atoms with Gasteiger partial charge in [0.15, 0.2) is 5.11 Å². The van der Waals surface area contributed by atoms with Crippen LogP contribution in [0, 0.1) is 0 Å². The molecule has 0 atom stereocenters. The van der Waals surface area contributed by atoms with Gasteiger partial charge in [-0.25, -0.2) is 0 Å². The molecular weight excluding hydrogens is 362 g/mol. The molecule has 0 aromatic heterocycles. The number of carbonyl (C=O) groups is 1. The van der Waals surface area contributed by atoms with Crippen molar-refractivity contribution < 1.29 is 14.3 Å². The molecule has 1 N–H and O–H groups in total. The highest BCUT2D eigenvalue weighted by Crippen LogP contribution is 2.14. The Morgan fingerprint density at radius 1 is 1.07 bits per heavy atom. The first-order valence-corrected chi connectivity index (χ1v) is 9.98. The Bertz CT molecular complexity index is 587. The van der Waals surface area contributed by atoms with Crippen molar-refractivity contribution in [2.75, 3.05) is 46.9 Å². The van der Waals surface area contributed by atoms with E-state index in [4.69, 9.17) is 17.0 Å². The lowest BCUT2D eigenvalue weighted by Crippen LogP contribution is -2.51. The smallest absolute Gasteiger partial charge is 0.305 e. The van der Waals surface area contributed by atoms with E-state index in [0.717, 1.165) is 69.4 Å². The third kappa shape index (κ3) is 7.72. The highest BCUT2D eigenvalue weighted by atomic mass is 32.1. The minimum atomic E-state index is -0.133. The van der Waals surface area contributed by atoms with Crippen molar-refractivity contribution in [3.63, 3.8) is 0 Å². The second kappa shape index (κ2) is 11.8. The molecule has 0 spiro atoms. The number of ether oxygens (including phenoxy) is 2. The van der Waals surface area contributed by atoms with Crippen LogP contribution < -0.4 is 10.1 Å². The van der Waals surface area contributed by atoms with E-state index in [1.165, 1.54) is 12.7 Å². The first-order chi connectivity index (χ1) is 13.1. The molecular formula is C20H31N3O3S. The van der Waals surface area contributed by atoms with Crippen LogP contribution in [-0.2, 0) is 16.1 Å². The average molecular weight is 394 g/mol. The van der Waals surface area contributed by atoms with Crippen LogP contribution in [0.1, 0.15) is 31.2 Å². The van der Waals surface area contributed by atoms with Gasteiger partial charge in [0.2, 0.25) is 0 Å². The molecule has 0 unspecified atom stereocenters. The number of piperazine rings is 1. The standard InChI is InChI=1S/C20H31N3O3S/c1-25-18-9-7-17(8-10-18)16-22-12-14-23(15-13-22)20(27)21-11-5-3-4-6-19(24)26-2/h7-10H,3-6,11-16H2,1-2H3,(H,21,27). The first kappa shape index (κ1) is 21.4. The second-order valence-corrected chi connectivity index (χ2v) is 7.12. The van der Waals surface area contributed by atoms with Gasteiger partial charge in [0, 0.05) is 45.7 Å². The van der Waals surface area contributed by atoms with Crippen LogP contribution >= 0.6 is 12.2 Å². The molecule has 150 valence electrons. The van der Waals surface area contributed by atoms with E-state index < -0.39 is 0 Å². The van der Waals surface area contributed by atoms with E-state index in [1.807, 2.05) is 12.1 Å². The van der Waals surface area contributed by atoms with Gasteiger partial charge in [0.25, 0.3) is 0 Å². The van der Waals surface area contributed by atoms with E-state index in [9.17, 15) is 4.79 Å². The van der Waals surface area contributed by atoms with Gasteiger partial charge in [-0.1, -0.05) is 18.6 Å². The highest BCUT2D eigenvalue weighted by molar-refractivity contribution is 7.80. The zero-order valence-corrected chi connectivity index (χ0v) is 17.2. The first-order valence-electron chi connectivity index (χ1n) is 9.57. The summed E-state index contributed by atoms with van der Waals surface area (Å²) in [6.07, 6.45) is 3.37. The molecule has 1 fully saturated rings. The summed E-state index contributed by atoms with van der Waals surface area (Å²) in [7, 11) is 3.12. The van der Waals surface area contributed by atoms with Gasteiger partial charge in [-0.3, -0.25) is 9.69 Å². The van der Waals surface area contributed by atoms with Crippen LogP contribution in [0.25, 0.3) is 0 Å². The van der Waals surface area contributed by atoms with Gasteiger partial charge in [-0.15, -0.1) is 0 Å². The maximum absolute atomic E-state index is 11.1. The zero-order valence-electron chi connectivity index (χ0n) is 16.4. The van der Waals surface area contributed by atoms with Crippen molar-refractivity contribution in [2.24, 2.45) is 0 Å². The van der Waals surface area contributed by atoms with E-state index in [-0.39, 0.29) is 5.97 Å². The number of unbranched alkanes of at least 4 members (excludes halogenated alkanes) is 2. The number of benzene rings is 1. The van der Waals surface area contributed by atoms with E-state index in [0.29, 0.717) is 6.42 Å². The Labute approximate surface area is 167 Å². The minimum absolute atomic E-state index is 0.133. The zero-order chi connectivity index (χ0) is 19.5. The molecule has 1 aromatic carbocycles. The van der Waals surface area contributed by atoms with Gasteiger partial charge < -0.3 is 19.7 Å². The van der Waals surface area contributed by atoms with Crippen LogP contribution in [0.5, 0.6) is 5.75 Å². The fourth-order valence-electron chi connectivity index (χ4n) is 3.08. The third-order valence-electron chi connectivity index (χ3n) is 4.79. The lowest BCUT2D eigenvalue weighted by Gasteiger charge is -2.36. The molecule has 1 aliphatic rings. The van der Waals surface area contributed by atoms with Gasteiger partial charge in [0.1, 0.15) is 5.75 Å². The Morgan fingerprint density at radius 2 is 1.78 bits per heavy atom. The number of thiocarbonyl (C=S) groups is 1. The summed E-state index contributed by atoms with van der Waals surface area (Å²) in [5.74, 6) is 0.760. The summed E-state index contributed by atoms with van der Waals surface area (Å²) >= 11 is 5.52. The number of nitrogens with zero attached hydrogens (tertiary/aromatic N) is 2. The number of rotatable bonds is 9. The molecule has 0 radical (unpaired) electrons. The number of carbonyl (C=O) groups excluding carboxylic acids is 1. The summed E-state index contributed by atoms with van der Waals surface area (Å²) in [4.78, 5) is 15.8. The van der Waals surface area contributed by atoms with Crippen molar-refractivity contribution in [3.05, 3.63) is 29.8 Å². The fraction of sp³-hybridized carbons (Fsp3) is 0.600. The molecule has 0 amide bonds. The van der Waals surface area contributed by atoms with E-state index >= 15 is 0 Å². The average Bonchev–Trinajstić information content (AvgIpc) is 2.71. The Balaban J connectivity index is 1.58. The van der Waals surface area contributed by atoms with E-state index in [2.05, 4.69) is 32.0 Å². The Kier molecular flexibility index (Phi) is 9.35. The predicted molar refractivity (Wildman–Crippen MR) is 111 cm³/mol. The van der Waals surface area contributed by atoms with Crippen LogP contribution in [-0.4, -0.2) is 67.8 Å². The maximum Gasteiger partial charge on any atom is 0.305 e. The number of hydrogen-bond donors (Lipinski definition) is 1. The molecule has 1 heterocycles. The summed E-state index contributed by atoms with van der Waals surface area (Å²) in [6.45, 7) is 5.72. The van der Waals surface area contributed by atoms with Gasteiger partial charge in [-0.2, -0.15) is 0 Å². The Morgan fingerprint density at radius 3 is 2.41 bits per heavy atom. The van der Waals surface area contributed by atoms with Gasteiger partial charge in [-0.05, 0) is 42.8 Å². The van der Waals surface area contributed by atoms with Crippen molar-refractivity contribution in [3.8, 4) is 5.75 Å². The third-order valence-corrected chi connectivity index (χ3v) is 5.19. The minimum Gasteiger partial charge on any atom is -0.497 e. The molecule has 0 bridgehead atoms.